The molecule has 1 aliphatic rings. The van der Waals surface area contributed by atoms with Crippen LogP contribution in [-0.4, -0.2) is 55.8 Å². The second kappa shape index (κ2) is 6.24. The van der Waals surface area contributed by atoms with Crippen LogP contribution in [0.1, 0.15) is 33.1 Å². The topological polar surface area (TPSA) is 86.3 Å². The average Bonchev–Trinajstić information content (AvgIpc) is 3.23. The minimum Gasteiger partial charge on any atom is -0.444 e. The number of halogens is 3. The maximum absolute atomic E-state index is 14.0. The van der Waals surface area contributed by atoms with Gasteiger partial charge in [-0.05, 0) is 33.3 Å². The van der Waals surface area contributed by atoms with Crippen molar-refractivity contribution in [3.05, 3.63) is 18.2 Å². The van der Waals surface area contributed by atoms with Gasteiger partial charge in [-0.3, -0.25) is 4.68 Å². The number of carbonyl (C=O) groups excluding carboxylic acids is 1. The van der Waals surface area contributed by atoms with Gasteiger partial charge in [0.05, 0.1) is 0 Å². The maximum atomic E-state index is 14.0. The Labute approximate surface area is 153 Å². The molecule has 0 saturated carbocycles. The predicted molar refractivity (Wildman–Crippen MR) is 86.7 cm³/mol. The van der Waals surface area contributed by atoms with Crippen LogP contribution in [0.4, 0.5) is 18.0 Å². The van der Waals surface area contributed by atoms with Crippen LogP contribution in [0.25, 0.3) is 11.5 Å². The van der Waals surface area contributed by atoms with Crippen molar-refractivity contribution < 1.29 is 27.2 Å². The van der Waals surface area contributed by atoms with Crippen LogP contribution in [-0.2, 0) is 17.2 Å². The van der Waals surface area contributed by atoms with E-state index in [9.17, 15) is 18.0 Å². The summed E-state index contributed by atoms with van der Waals surface area (Å²) >= 11 is 0. The zero-order valence-corrected chi connectivity index (χ0v) is 15.4. The monoisotopic (exact) mass is 387 g/mol. The number of alkyl halides is 3. The summed E-state index contributed by atoms with van der Waals surface area (Å²) in [6.07, 6.45) is -4.26. The van der Waals surface area contributed by atoms with Gasteiger partial charge in [0.15, 0.2) is 5.41 Å². The molecular weight excluding hydrogens is 367 g/mol. The fraction of sp³-hybridized carbons (Fsp3) is 0.625. The summed E-state index contributed by atoms with van der Waals surface area (Å²) in [5.41, 5.74) is -2.95. The zero-order chi connectivity index (χ0) is 20.0. The van der Waals surface area contributed by atoms with Crippen LogP contribution in [0.3, 0.4) is 0 Å². The second-order valence-electron chi connectivity index (χ2n) is 7.53. The molecule has 2 aromatic rings. The summed E-state index contributed by atoms with van der Waals surface area (Å²) in [6, 6.07) is 1.57. The number of likely N-dealkylation sites (tertiary alicyclic amines) is 1. The Kier molecular flexibility index (Phi) is 4.43. The molecule has 3 heterocycles. The van der Waals surface area contributed by atoms with Crippen LogP contribution in [0, 0.1) is 0 Å². The third-order valence-electron chi connectivity index (χ3n) is 4.24. The van der Waals surface area contributed by atoms with E-state index in [1.165, 1.54) is 4.68 Å². The molecule has 148 valence electrons. The van der Waals surface area contributed by atoms with Gasteiger partial charge in [-0.25, -0.2) is 4.79 Å². The number of amides is 1. The molecule has 0 aliphatic carbocycles. The maximum Gasteiger partial charge on any atom is 0.410 e. The van der Waals surface area contributed by atoms with Gasteiger partial charge in [0.1, 0.15) is 11.3 Å². The molecule has 1 unspecified atom stereocenters. The van der Waals surface area contributed by atoms with Gasteiger partial charge in [-0.2, -0.15) is 23.3 Å². The number of nitrogens with zero attached hydrogens (tertiary/aromatic N) is 5. The molecule has 1 saturated heterocycles. The van der Waals surface area contributed by atoms with Crippen molar-refractivity contribution in [2.45, 2.75) is 44.4 Å². The molecule has 1 fully saturated rings. The summed E-state index contributed by atoms with van der Waals surface area (Å²) in [5.74, 6) is -0.619. The van der Waals surface area contributed by atoms with E-state index >= 15 is 0 Å². The lowest BCUT2D eigenvalue weighted by atomic mass is 9.86. The van der Waals surface area contributed by atoms with Crippen LogP contribution < -0.4 is 0 Å². The highest BCUT2D eigenvalue weighted by Crippen LogP contribution is 2.47. The number of rotatable bonds is 2. The Bertz CT molecular complexity index is 839. The van der Waals surface area contributed by atoms with Crippen molar-refractivity contribution in [3.63, 3.8) is 0 Å². The van der Waals surface area contributed by atoms with Crippen LogP contribution >= 0.6 is 0 Å². The molecule has 1 atom stereocenters. The van der Waals surface area contributed by atoms with Crippen LogP contribution in [0.15, 0.2) is 16.8 Å². The molecule has 2 aromatic heterocycles. The van der Waals surface area contributed by atoms with Gasteiger partial charge in [0, 0.05) is 26.3 Å². The van der Waals surface area contributed by atoms with E-state index in [4.69, 9.17) is 9.26 Å². The molecule has 0 spiro atoms. The lowest BCUT2D eigenvalue weighted by molar-refractivity contribution is -0.193. The minimum atomic E-state index is -4.68. The number of aromatic nitrogens is 4. The molecule has 1 aliphatic heterocycles. The lowest BCUT2D eigenvalue weighted by Crippen LogP contribution is -2.46. The molecule has 3 rings (SSSR count). The number of hydrogen-bond donors (Lipinski definition) is 0. The van der Waals surface area contributed by atoms with Gasteiger partial charge in [0.25, 0.3) is 0 Å². The molecule has 0 bridgehead atoms. The Hall–Kier alpha value is -2.59. The highest BCUT2D eigenvalue weighted by molar-refractivity contribution is 5.69. The first-order chi connectivity index (χ1) is 12.4. The normalized spacial score (nSPS) is 20.9. The highest BCUT2D eigenvalue weighted by atomic mass is 19.4. The van der Waals surface area contributed by atoms with E-state index in [1.807, 2.05) is 0 Å². The third kappa shape index (κ3) is 3.62. The quantitative estimate of drug-likeness (QED) is 0.788. The summed E-state index contributed by atoms with van der Waals surface area (Å²) in [4.78, 5) is 17.1. The minimum absolute atomic E-state index is 0.0371. The van der Waals surface area contributed by atoms with Crippen molar-refractivity contribution in [1.29, 1.82) is 0 Å². The Morgan fingerprint density at radius 2 is 2.04 bits per heavy atom. The smallest absolute Gasteiger partial charge is 0.410 e. The molecular formula is C16H20F3N5O3. The van der Waals surface area contributed by atoms with Crippen molar-refractivity contribution in [1.82, 2.24) is 24.8 Å². The van der Waals surface area contributed by atoms with E-state index in [0.29, 0.717) is 5.69 Å². The van der Waals surface area contributed by atoms with Gasteiger partial charge in [-0.15, -0.1) is 0 Å². The van der Waals surface area contributed by atoms with Crippen molar-refractivity contribution in [3.8, 4) is 11.5 Å². The summed E-state index contributed by atoms with van der Waals surface area (Å²) < 4.78 is 53.5. The first-order valence-corrected chi connectivity index (χ1v) is 8.30. The first kappa shape index (κ1) is 19.2. The molecule has 27 heavy (non-hydrogen) atoms. The van der Waals surface area contributed by atoms with E-state index in [2.05, 4.69) is 15.2 Å². The Balaban J connectivity index is 1.90. The Morgan fingerprint density at radius 3 is 2.59 bits per heavy atom. The standard InChI is InChI=1S/C16H20F3N5O3/c1-14(2,3)26-13(25)24-8-6-15(9-24,16(17,18)19)12-20-11(22-27-12)10-5-7-23(4)21-10/h5,7H,6,8-9H2,1-4H3. The molecule has 0 aromatic carbocycles. The average molecular weight is 387 g/mol. The molecule has 8 nitrogen and oxygen atoms in total. The lowest BCUT2D eigenvalue weighted by Gasteiger charge is -2.29. The number of hydrogen-bond acceptors (Lipinski definition) is 6. The fourth-order valence-electron chi connectivity index (χ4n) is 2.88. The van der Waals surface area contributed by atoms with E-state index in [0.717, 1.165) is 4.90 Å². The Morgan fingerprint density at radius 1 is 1.33 bits per heavy atom. The summed E-state index contributed by atoms with van der Waals surface area (Å²) in [6.45, 7) is 4.17. The van der Waals surface area contributed by atoms with Crippen LogP contribution in [0.2, 0.25) is 0 Å². The molecule has 11 heteroatoms. The summed E-state index contributed by atoms with van der Waals surface area (Å²) in [7, 11) is 1.66. The number of aryl methyl sites for hydroxylation is 1. The van der Waals surface area contributed by atoms with Gasteiger partial charge < -0.3 is 14.2 Å². The van der Waals surface area contributed by atoms with E-state index in [-0.39, 0.29) is 18.8 Å². The zero-order valence-electron chi connectivity index (χ0n) is 15.4. The van der Waals surface area contributed by atoms with Crippen molar-refractivity contribution >= 4 is 6.09 Å². The highest BCUT2D eigenvalue weighted by Gasteiger charge is 2.63. The molecule has 0 N–H and O–H groups in total. The second-order valence-corrected chi connectivity index (χ2v) is 7.53. The van der Waals surface area contributed by atoms with Crippen molar-refractivity contribution in [2.24, 2.45) is 7.05 Å². The van der Waals surface area contributed by atoms with Gasteiger partial charge >= 0.3 is 12.3 Å². The third-order valence-corrected chi connectivity index (χ3v) is 4.24. The fourth-order valence-corrected chi connectivity index (χ4v) is 2.88. The SMILES string of the molecule is Cn1ccc(-c2noc(C3(C(F)(F)F)CCN(C(=O)OC(C)(C)C)C3)n2)n1. The van der Waals surface area contributed by atoms with Gasteiger partial charge in [0.2, 0.25) is 11.7 Å². The number of carbonyl (C=O) groups is 1. The van der Waals surface area contributed by atoms with E-state index < -0.39 is 35.7 Å². The largest absolute Gasteiger partial charge is 0.444 e. The predicted octanol–water partition coefficient (Wildman–Crippen LogP) is 2.91. The molecule has 1 amide bonds. The van der Waals surface area contributed by atoms with Gasteiger partial charge in [-0.1, -0.05) is 5.16 Å². The summed E-state index contributed by atoms with van der Waals surface area (Å²) in [5, 5.41) is 7.69. The van der Waals surface area contributed by atoms with Crippen molar-refractivity contribution in [2.75, 3.05) is 13.1 Å². The van der Waals surface area contributed by atoms with Crippen LogP contribution in [0.5, 0.6) is 0 Å². The number of ether oxygens (including phenoxy) is 1. The van der Waals surface area contributed by atoms with E-state index in [1.54, 1.807) is 40.1 Å². The first-order valence-electron chi connectivity index (χ1n) is 8.30. The molecule has 0 radical (unpaired) electrons.